The van der Waals surface area contributed by atoms with Gasteiger partial charge < -0.3 is 4.74 Å². The summed E-state index contributed by atoms with van der Waals surface area (Å²) in [5, 5.41) is 0. The molecule has 0 bridgehead atoms. The van der Waals surface area contributed by atoms with E-state index in [-0.39, 0.29) is 0 Å². The van der Waals surface area contributed by atoms with Crippen LogP contribution in [0.5, 0.6) is 0 Å². The van der Waals surface area contributed by atoms with Crippen LogP contribution in [0, 0.1) is 12.0 Å². The Bertz CT molecular complexity index is 57.7. The third-order valence-corrected chi connectivity index (χ3v) is 0.351. The second kappa shape index (κ2) is 4.36. The minimum atomic E-state index is 0.869. The molecule has 0 aliphatic carbocycles. The fourth-order valence-corrected chi connectivity index (χ4v) is 0.144. The van der Waals surface area contributed by atoms with Gasteiger partial charge in [0.15, 0.2) is 0 Å². The smallest absolute Gasteiger partial charge is 0.109 e. The zero-order valence-electron chi connectivity index (χ0n) is 4.12. The number of hydrogen-bond acceptors (Lipinski definition) is 1. The molecule has 6 heavy (non-hydrogen) atoms. The molecule has 0 radical (unpaired) electrons. The first kappa shape index (κ1) is 5.36. The highest BCUT2D eigenvalue weighted by molar-refractivity contribution is 4.88. The summed E-state index contributed by atoms with van der Waals surface area (Å²) in [5.74, 6) is 2.73. The van der Waals surface area contributed by atoms with Crippen molar-refractivity contribution in [3.05, 3.63) is 0 Å². The van der Waals surface area contributed by atoms with E-state index in [4.69, 9.17) is 0 Å². The maximum Gasteiger partial charge on any atom is 0.109 e. The second-order valence-electron chi connectivity index (χ2n) is 0.837. The normalized spacial score (nSPS) is 5.67. The van der Waals surface area contributed by atoms with Crippen LogP contribution in [-0.4, -0.2) is 7.11 Å². The molecule has 0 saturated heterocycles. The van der Waals surface area contributed by atoms with E-state index in [0.717, 1.165) is 6.42 Å². The summed E-state index contributed by atoms with van der Waals surface area (Å²) in [6.45, 7) is 1.98. The summed E-state index contributed by atoms with van der Waals surface area (Å²) in [6, 6.07) is 0. The molecule has 1 nitrogen and oxygen atoms in total. The maximum absolute atomic E-state index is 4.42. The van der Waals surface area contributed by atoms with Gasteiger partial charge in [-0.1, -0.05) is 12.8 Å². The fourth-order valence-electron chi connectivity index (χ4n) is 0.144. The van der Waals surface area contributed by atoms with Crippen LogP contribution in [-0.2, 0) is 4.74 Å². The molecule has 0 atom stereocenters. The van der Waals surface area contributed by atoms with Crippen LogP contribution >= 0.6 is 0 Å². The molecular weight excluding hydrogens is 76.1 g/mol. The molecule has 0 aliphatic rings. The van der Waals surface area contributed by atoms with Crippen molar-refractivity contribution in [3.63, 3.8) is 0 Å². The lowest BCUT2D eigenvalue weighted by Gasteiger charge is -1.72. The first-order chi connectivity index (χ1) is 2.91. The summed E-state index contributed by atoms with van der Waals surface area (Å²) in [5.41, 5.74) is 0. The molecule has 0 amide bonds. The van der Waals surface area contributed by atoms with Crippen molar-refractivity contribution >= 4 is 0 Å². The lowest BCUT2D eigenvalue weighted by atomic mass is 10.5. The predicted octanol–water partition coefficient (Wildman–Crippen LogP) is 1.00. The van der Waals surface area contributed by atoms with Gasteiger partial charge in [-0.2, -0.15) is 0 Å². The van der Waals surface area contributed by atoms with Crippen LogP contribution in [0.3, 0.4) is 0 Å². The zero-order chi connectivity index (χ0) is 4.83. The average molecular weight is 84.1 g/mol. The van der Waals surface area contributed by atoms with Crippen molar-refractivity contribution in [2.24, 2.45) is 0 Å². The van der Waals surface area contributed by atoms with E-state index in [1.807, 2.05) is 6.92 Å². The number of ether oxygens (including phenoxy) is 1. The number of rotatable bonds is 0. The summed E-state index contributed by atoms with van der Waals surface area (Å²) < 4.78 is 4.42. The molecule has 0 N–H and O–H groups in total. The van der Waals surface area contributed by atoms with Gasteiger partial charge in [-0.15, -0.1) is 0 Å². The number of methoxy groups -OCH3 is 1. The number of hydrogen-bond donors (Lipinski definition) is 0. The van der Waals surface area contributed by atoms with Gasteiger partial charge in [-0.05, 0) is 0 Å². The quantitative estimate of drug-likeness (QED) is 0.398. The third kappa shape index (κ3) is 3.36. The van der Waals surface area contributed by atoms with Gasteiger partial charge >= 0.3 is 0 Å². The van der Waals surface area contributed by atoms with Crippen molar-refractivity contribution in [2.75, 3.05) is 7.11 Å². The van der Waals surface area contributed by atoms with E-state index in [2.05, 4.69) is 16.8 Å². The van der Waals surface area contributed by atoms with Crippen molar-refractivity contribution in [3.8, 4) is 12.0 Å². The van der Waals surface area contributed by atoms with Crippen molar-refractivity contribution in [2.45, 2.75) is 13.3 Å². The van der Waals surface area contributed by atoms with Gasteiger partial charge in [-0.3, -0.25) is 0 Å². The molecule has 0 aromatic rings. The zero-order valence-corrected chi connectivity index (χ0v) is 4.12. The van der Waals surface area contributed by atoms with Crippen LogP contribution in [0.15, 0.2) is 0 Å². The molecule has 0 spiro atoms. The molecule has 0 heterocycles. The lowest BCUT2D eigenvalue weighted by molar-refractivity contribution is 0.371. The van der Waals surface area contributed by atoms with E-state index in [0.29, 0.717) is 0 Å². The summed E-state index contributed by atoms with van der Waals surface area (Å²) in [7, 11) is 1.56. The molecule has 0 rings (SSSR count). The maximum atomic E-state index is 4.42. The summed E-state index contributed by atoms with van der Waals surface area (Å²) >= 11 is 0. The molecule has 0 aliphatic heterocycles. The minimum Gasteiger partial charge on any atom is -0.450 e. The first-order valence-corrected chi connectivity index (χ1v) is 1.92. The summed E-state index contributed by atoms with van der Waals surface area (Å²) in [6.07, 6.45) is 3.32. The standard InChI is InChI=1S/C5H8O/c1-3-4-5-6-2/h3H2,1-2H3. The molecule has 34 valence electrons. The Kier molecular flexibility index (Phi) is 3.89. The SMILES string of the molecule is CCC#COC. The Balaban J connectivity index is 2.90. The van der Waals surface area contributed by atoms with E-state index < -0.39 is 0 Å². The van der Waals surface area contributed by atoms with Crippen LogP contribution in [0.1, 0.15) is 13.3 Å². The highest BCUT2D eigenvalue weighted by atomic mass is 16.5. The minimum absolute atomic E-state index is 0.869. The molecule has 0 aromatic heterocycles. The van der Waals surface area contributed by atoms with E-state index in [1.54, 1.807) is 7.11 Å². The highest BCUT2D eigenvalue weighted by Gasteiger charge is 1.55. The monoisotopic (exact) mass is 84.1 g/mol. The van der Waals surface area contributed by atoms with E-state index >= 15 is 0 Å². The van der Waals surface area contributed by atoms with Crippen LogP contribution in [0.4, 0.5) is 0 Å². The van der Waals surface area contributed by atoms with Gasteiger partial charge in [-0.25, -0.2) is 0 Å². The molecular formula is C5H8O. The van der Waals surface area contributed by atoms with Gasteiger partial charge in [0, 0.05) is 6.42 Å². The van der Waals surface area contributed by atoms with E-state index in [9.17, 15) is 0 Å². The molecule has 1 heteroatoms. The lowest BCUT2D eigenvalue weighted by Crippen LogP contribution is -1.62. The average Bonchev–Trinajstić information content (AvgIpc) is 1.61. The Labute approximate surface area is 38.3 Å². The van der Waals surface area contributed by atoms with Crippen LogP contribution in [0.2, 0.25) is 0 Å². The molecule has 0 aromatic carbocycles. The second-order valence-corrected chi connectivity index (χ2v) is 0.837. The summed E-state index contributed by atoms with van der Waals surface area (Å²) in [4.78, 5) is 0. The molecule has 0 saturated carbocycles. The first-order valence-electron chi connectivity index (χ1n) is 1.92. The predicted molar refractivity (Wildman–Crippen MR) is 25.1 cm³/mol. The van der Waals surface area contributed by atoms with Crippen molar-refractivity contribution in [1.29, 1.82) is 0 Å². The van der Waals surface area contributed by atoms with Crippen molar-refractivity contribution in [1.82, 2.24) is 0 Å². The Morgan fingerprint density at radius 1 is 1.67 bits per heavy atom. The third-order valence-electron chi connectivity index (χ3n) is 0.351. The molecule has 0 fully saturated rings. The van der Waals surface area contributed by atoms with Crippen LogP contribution in [0.25, 0.3) is 0 Å². The Hall–Kier alpha value is -0.640. The Morgan fingerprint density at radius 3 is 2.50 bits per heavy atom. The fraction of sp³-hybridized carbons (Fsp3) is 0.600. The van der Waals surface area contributed by atoms with Crippen molar-refractivity contribution < 1.29 is 4.74 Å². The largest absolute Gasteiger partial charge is 0.450 e. The van der Waals surface area contributed by atoms with Gasteiger partial charge in [0.05, 0.1) is 7.11 Å². The van der Waals surface area contributed by atoms with Gasteiger partial charge in [0.1, 0.15) is 6.11 Å². The Morgan fingerprint density at radius 2 is 2.33 bits per heavy atom. The van der Waals surface area contributed by atoms with Gasteiger partial charge in [0.2, 0.25) is 0 Å². The van der Waals surface area contributed by atoms with Gasteiger partial charge in [0.25, 0.3) is 0 Å². The molecule has 0 unspecified atom stereocenters. The highest BCUT2D eigenvalue weighted by Crippen LogP contribution is 1.64. The van der Waals surface area contributed by atoms with Crippen LogP contribution < -0.4 is 0 Å². The van der Waals surface area contributed by atoms with E-state index in [1.165, 1.54) is 0 Å². The topological polar surface area (TPSA) is 9.23 Å².